The molecule has 0 bridgehead atoms. The molecule has 2 aromatic rings. The molecule has 3 unspecified atom stereocenters. The Morgan fingerprint density at radius 2 is 1.89 bits per heavy atom. The molecule has 2 aliphatic heterocycles. The summed E-state index contributed by atoms with van der Waals surface area (Å²) >= 11 is 0. The molecule has 2 heterocycles. The van der Waals surface area contributed by atoms with Gasteiger partial charge >= 0.3 is 0 Å². The zero-order valence-electron chi connectivity index (χ0n) is 26.8. The maximum atomic E-state index is 12.5. The Morgan fingerprint density at radius 3 is 2.61 bits per heavy atom. The van der Waals surface area contributed by atoms with E-state index in [0.717, 1.165) is 41.2 Å². The minimum Gasteiger partial charge on any atom is -0.383 e. The van der Waals surface area contributed by atoms with Crippen LogP contribution in [0.1, 0.15) is 48.1 Å². The fourth-order valence-corrected chi connectivity index (χ4v) is 7.35. The fourth-order valence-electron chi connectivity index (χ4n) is 7.35. The lowest BCUT2D eigenvalue weighted by molar-refractivity contribution is -0.162. The Labute approximate surface area is 263 Å². The smallest absolute Gasteiger partial charge is 0.136 e. The van der Waals surface area contributed by atoms with Gasteiger partial charge in [0.15, 0.2) is 0 Å². The van der Waals surface area contributed by atoms with Crippen molar-refractivity contribution >= 4 is 6.08 Å². The van der Waals surface area contributed by atoms with Crippen LogP contribution in [0.4, 0.5) is 0 Å². The molecule has 2 N–H and O–H groups in total. The molecule has 4 atom stereocenters. The number of rotatable bonds is 8. The first kappa shape index (κ1) is 30.0. The Kier molecular flexibility index (Phi) is 8.08. The Balaban J connectivity index is 1.38. The second kappa shape index (κ2) is 11.8. The summed E-state index contributed by atoms with van der Waals surface area (Å²) in [5, 5.41) is 20.5. The second-order valence-electron chi connectivity index (χ2n) is 13.1. The van der Waals surface area contributed by atoms with Crippen LogP contribution in [0, 0.1) is 12.8 Å². The van der Waals surface area contributed by atoms with E-state index in [1.165, 1.54) is 22.3 Å². The van der Waals surface area contributed by atoms with Crippen LogP contribution in [0.25, 0.3) is 6.08 Å². The monoisotopic (exact) mass is 589 g/mol. The maximum absolute atomic E-state index is 12.5. The van der Waals surface area contributed by atoms with Crippen LogP contribution in [0.5, 0.6) is 0 Å². The van der Waals surface area contributed by atoms with Crippen LogP contribution in [-0.2, 0) is 18.6 Å². The van der Waals surface area contributed by atoms with Crippen molar-refractivity contribution in [3.8, 4) is 0 Å². The van der Waals surface area contributed by atoms with Crippen LogP contribution in [0.15, 0.2) is 109 Å². The van der Waals surface area contributed by atoms with Crippen molar-refractivity contribution in [3.63, 3.8) is 0 Å². The van der Waals surface area contributed by atoms with Crippen molar-refractivity contribution in [3.05, 3.63) is 137 Å². The molecule has 2 aromatic carbocycles. The van der Waals surface area contributed by atoms with Crippen LogP contribution < -0.4 is 5.32 Å². The first-order chi connectivity index (χ1) is 21.0. The van der Waals surface area contributed by atoms with E-state index in [1.54, 1.807) is 0 Å². The summed E-state index contributed by atoms with van der Waals surface area (Å²) in [5.41, 5.74) is 7.89. The molecule has 2 saturated heterocycles. The van der Waals surface area contributed by atoms with E-state index >= 15 is 0 Å². The molecule has 0 saturated carbocycles. The van der Waals surface area contributed by atoms with E-state index in [1.807, 2.05) is 19.1 Å². The summed E-state index contributed by atoms with van der Waals surface area (Å²) in [4.78, 5) is 4.66. The summed E-state index contributed by atoms with van der Waals surface area (Å²) in [6, 6.07) is 14.4. The van der Waals surface area contributed by atoms with Crippen molar-refractivity contribution in [2.45, 2.75) is 58.0 Å². The molecule has 0 amide bonds. The summed E-state index contributed by atoms with van der Waals surface area (Å²) < 4.78 is 0. The van der Waals surface area contributed by atoms with Gasteiger partial charge in [0, 0.05) is 31.5 Å². The Morgan fingerprint density at radius 1 is 1.11 bits per heavy atom. The molecular formula is C38H47N5O. The van der Waals surface area contributed by atoms with Crippen molar-refractivity contribution in [2.75, 3.05) is 26.7 Å². The van der Waals surface area contributed by atoms with Gasteiger partial charge < -0.3 is 20.2 Å². The van der Waals surface area contributed by atoms with Crippen molar-refractivity contribution < 1.29 is 5.11 Å². The number of aliphatic hydroxyl groups is 1. The quantitative estimate of drug-likeness (QED) is 0.391. The Bertz CT molecular complexity index is 1550. The molecular weight excluding hydrogens is 542 g/mol. The number of piperazine rings is 1. The summed E-state index contributed by atoms with van der Waals surface area (Å²) in [6.07, 6.45) is 13.2. The predicted octanol–water partition coefficient (Wildman–Crippen LogP) is 6.06. The number of allylic oxidation sites excluding steroid dienone is 3. The van der Waals surface area contributed by atoms with Gasteiger partial charge in [-0.2, -0.15) is 0 Å². The number of nitrogens with zero attached hydrogens (tertiary/aromatic N) is 4. The van der Waals surface area contributed by atoms with Gasteiger partial charge in [-0.25, -0.2) is 5.01 Å². The number of fused-ring (bicyclic) bond motifs is 2. The van der Waals surface area contributed by atoms with E-state index in [9.17, 15) is 5.11 Å². The number of nitrogens with one attached hydrogen (secondary N) is 1. The molecule has 0 radical (unpaired) electrons. The van der Waals surface area contributed by atoms with Crippen LogP contribution in [-0.4, -0.2) is 63.8 Å². The molecule has 2 aliphatic carbocycles. The van der Waals surface area contributed by atoms with Crippen molar-refractivity contribution in [1.82, 2.24) is 25.1 Å². The molecule has 6 rings (SSSR count). The second-order valence-corrected chi connectivity index (χ2v) is 13.1. The third kappa shape index (κ3) is 5.53. The van der Waals surface area contributed by atoms with Gasteiger partial charge in [0.05, 0.1) is 13.1 Å². The lowest BCUT2D eigenvalue weighted by Crippen LogP contribution is -2.72. The normalized spacial score (nSPS) is 24.6. The molecule has 0 spiro atoms. The number of hydrogen-bond acceptors (Lipinski definition) is 6. The molecule has 0 aromatic heterocycles. The number of aryl methyl sites for hydroxylation is 2. The lowest BCUT2D eigenvalue weighted by atomic mass is 9.82. The maximum Gasteiger partial charge on any atom is 0.136 e. The van der Waals surface area contributed by atoms with Crippen LogP contribution in [0.2, 0.25) is 0 Å². The highest BCUT2D eigenvalue weighted by atomic mass is 16.3. The zero-order chi connectivity index (χ0) is 31.2. The Hall–Kier alpha value is -4.00. The number of benzene rings is 2. The average molecular weight is 590 g/mol. The lowest BCUT2D eigenvalue weighted by Gasteiger charge is -2.61. The number of likely N-dealkylation sites (N-methyl/N-ethyl adjacent to an activating group) is 1. The summed E-state index contributed by atoms with van der Waals surface area (Å²) in [5.74, 6) is 1.28. The molecule has 230 valence electrons. The SMILES string of the molecule is C=C1[C@H](C(C)(O)c2ccc(C)cc2)N2C(=C)CN(C)N(C(=C)NCC3=CC(C)C=C3)C2CN1Cc1cccc2c1C=CCC2. The van der Waals surface area contributed by atoms with E-state index in [-0.39, 0.29) is 6.17 Å². The summed E-state index contributed by atoms with van der Waals surface area (Å²) in [7, 11) is 2.09. The first-order valence-electron chi connectivity index (χ1n) is 15.8. The number of hydrogen-bond donors (Lipinski definition) is 2. The third-order valence-electron chi connectivity index (χ3n) is 9.68. The van der Waals surface area contributed by atoms with Gasteiger partial charge in [0.2, 0.25) is 0 Å². The molecule has 6 nitrogen and oxygen atoms in total. The minimum atomic E-state index is -1.23. The van der Waals surface area contributed by atoms with Crippen molar-refractivity contribution in [2.24, 2.45) is 5.92 Å². The largest absolute Gasteiger partial charge is 0.383 e. The molecule has 6 heteroatoms. The first-order valence-corrected chi connectivity index (χ1v) is 15.8. The van der Waals surface area contributed by atoms with Gasteiger partial charge in [0.1, 0.15) is 23.6 Å². The third-order valence-corrected chi connectivity index (χ3v) is 9.68. The van der Waals surface area contributed by atoms with Gasteiger partial charge in [-0.05, 0) is 60.4 Å². The van der Waals surface area contributed by atoms with Gasteiger partial charge in [-0.3, -0.25) is 5.01 Å². The predicted molar refractivity (Wildman–Crippen MR) is 181 cm³/mol. The van der Waals surface area contributed by atoms with E-state index in [4.69, 9.17) is 0 Å². The fraction of sp³-hybridized carbons (Fsp3) is 0.368. The topological polar surface area (TPSA) is 45.2 Å². The highest BCUT2D eigenvalue weighted by Gasteiger charge is 2.51. The standard InChI is InChI=1S/C38H47N5O/c1-26-16-19-34(20-17-26)38(6,44)37-29(4)41(24-33-13-10-12-32-11-8-9-14-35(32)33)25-36-42(37)28(3)23-40(7)43(36)30(5)39-22-31-18-15-27(2)21-31/h9-10,12-21,27,36-37,39,44H,3-5,8,11,22-25H2,1-2,6-7H3/t27?,36?,37-,38?/m1/s1. The van der Waals surface area contributed by atoms with E-state index in [0.29, 0.717) is 32.1 Å². The number of hydrazine groups is 1. The zero-order valence-corrected chi connectivity index (χ0v) is 26.8. The average Bonchev–Trinajstić information content (AvgIpc) is 3.42. The van der Waals surface area contributed by atoms with E-state index in [2.05, 4.69) is 126 Å². The highest BCUT2D eigenvalue weighted by molar-refractivity contribution is 5.60. The van der Waals surface area contributed by atoms with Crippen molar-refractivity contribution in [1.29, 1.82) is 0 Å². The van der Waals surface area contributed by atoms with Gasteiger partial charge in [0.25, 0.3) is 0 Å². The molecule has 2 fully saturated rings. The molecule has 44 heavy (non-hydrogen) atoms. The van der Waals surface area contributed by atoms with Gasteiger partial charge in [-0.1, -0.05) is 105 Å². The van der Waals surface area contributed by atoms with Crippen LogP contribution >= 0.6 is 0 Å². The van der Waals surface area contributed by atoms with Gasteiger partial charge in [-0.15, -0.1) is 0 Å². The van der Waals surface area contributed by atoms with E-state index < -0.39 is 11.6 Å². The summed E-state index contributed by atoms with van der Waals surface area (Å²) in [6.45, 7) is 22.6. The minimum absolute atomic E-state index is 0.157. The molecule has 4 aliphatic rings. The van der Waals surface area contributed by atoms with Crippen LogP contribution in [0.3, 0.4) is 0 Å². The highest BCUT2D eigenvalue weighted by Crippen LogP contribution is 2.43.